The van der Waals surface area contributed by atoms with Crippen molar-refractivity contribution in [2.24, 2.45) is 0 Å². The molecule has 1 spiro atoms. The number of allylic oxidation sites excluding steroid dienone is 4. The van der Waals surface area contributed by atoms with Crippen LogP contribution in [0.2, 0.25) is 0 Å². The molecular formula is C22H14O2. The molecule has 0 saturated heterocycles. The summed E-state index contributed by atoms with van der Waals surface area (Å²) in [4.78, 5) is 25.3. The summed E-state index contributed by atoms with van der Waals surface area (Å²) in [6.45, 7) is 2.08. The van der Waals surface area contributed by atoms with E-state index in [0.717, 1.165) is 11.1 Å². The Morgan fingerprint density at radius 2 is 1.42 bits per heavy atom. The summed E-state index contributed by atoms with van der Waals surface area (Å²) in [5, 5.41) is 0. The first-order valence-corrected chi connectivity index (χ1v) is 8.37. The van der Waals surface area contributed by atoms with E-state index in [1.807, 2.05) is 6.07 Å². The Kier molecular flexibility index (Phi) is 1.93. The third-order valence-corrected chi connectivity index (χ3v) is 6.38. The fourth-order valence-corrected chi connectivity index (χ4v) is 5.65. The zero-order valence-corrected chi connectivity index (χ0v) is 13.2. The maximum absolute atomic E-state index is 12.7. The van der Waals surface area contributed by atoms with Crippen LogP contribution in [0.25, 0.3) is 0 Å². The van der Waals surface area contributed by atoms with Crippen molar-refractivity contribution >= 4 is 11.6 Å². The van der Waals surface area contributed by atoms with Crippen LogP contribution in [0.5, 0.6) is 0 Å². The van der Waals surface area contributed by atoms with Crippen LogP contribution in [0.1, 0.15) is 39.7 Å². The molecule has 0 aliphatic heterocycles. The van der Waals surface area contributed by atoms with E-state index in [-0.39, 0.29) is 28.8 Å². The summed E-state index contributed by atoms with van der Waals surface area (Å²) in [5.74, 6) is 0.121. The van der Waals surface area contributed by atoms with E-state index in [4.69, 9.17) is 0 Å². The lowest BCUT2D eigenvalue weighted by atomic mass is 9.42. The molecule has 4 aliphatic carbocycles. The summed E-state index contributed by atoms with van der Waals surface area (Å²) in [7, 11) is 0. The van der Waals surface area contributed by atoms with E-state index in [1.165, 1.54) is 40.0 Å². The fourth-order valence-electron chi connectivity index (χ4n) is 5.65. The van der Waals surface area contributed by atoms with Crippen molar-refractivity contribution in [3.05, 3.63) is 93.6 Å². The highest BCUT2D eigenvalue weighted by atomic mass is 16.1. The average molecular weight is 310 g/mol. The second-order valence-electron chi connectivity index (χ2n) is 7.30. The maximum Gasteiger partial charge on any atom is 0.183 e. The van der Waals surface area contributed by atoms with Gasteiger partial charge in [-0.25, -0.2) is 0 Å². The van der Waals surface area contributed by atoms with Crippen LogP contribution in [0.15, 0.2) is 65.8 Å². The Labute approximate surface area is 139 Å². The lowest BCUT2D eigenvalue weighted by Gasteiger charge is -2.59. The minimum Gasteiger partial charge on any atom is -0.290 e. The highest BCUT2D eigenvalue weighted by Crippen LogP contribution is 2.77. The predicted molar refractivity (Wildman–Crippen MR) is 90.1 cm³/mol. The Bertz CT molecular complexity index is 1070. The molecule has 4 aliphatic rings. The lowest BCUT2D eigenvalue weighted by Crippen LogP contribution is -2.53. The van der Waals surface area contributed by atoms with Gasteiger partial charge >= 0.3 is 0 Å². The molecular weight excluding hydrogens is 296 g/mol. The first kappa shape index (κ1) is 12.7. The van der Waals surface area contributed by atoms with E-state index >= 15 is 0 Å². The van der Waals surface area contributed by atoms with Crippen molar-refractivity contribution in [3.63, 3.8) is 0 Å². The smallest absolute Gasteiger partial charge is 0.183 e. The van der Waals surface area contributed by atoms with Crippen molar-refractivity contribution in [3.8, 4) is 0 Å². The number of benzene rings is 2. The van der Waals surface area contributed by atoms with Crippen LogP contribution in [0.3, 0.4) is 0 Å². The van der Waals surface area contributed by atoms with Crippen LogP contribution in [-0.4, -0.2) is 11.6 Å². The van der Waals surface area contributed by atoms with Crippen molar-refractivity contribution in [1.29, 1.82) is 0 Å². The first-order valence-electron chi connectivity index (χ1n) is 8.37. The summed E-state index contributed by atoms with van der Waals surface area (Å²) in [6, 6.07) is 14.9. The SMILES string of the molecule is Cc1ccc2c(c1)[C@@H]1C3=C(C(=O)C=CC3=O)[C@@H]3c4ccccc4[C@@]231. The number of ketones is 2. The van der Waals surface area contributed by atoms with E-state index in [0.29, 0.717) is 0 Å². The highest BCUT2D eigenvalue weighted by Gasteiger charge is 2.71. The van der Waals surface area contributed by atoms with Crippen molar-refractivity contribution < 1.29 is 9.59 Å². The van der Waals surface area contributed by atoms with Crippen molar-refractivity contribution in [2.45, 2.75) is 24.2 Å². The van der Waals surface area contributed by atoms with Crippen LogP contribution in [-0.2, 0) is 15.0 Å². The molecule has 6 rings (SSSR count). The normalized spacial score (nSPS) is 30.7. The molecule has 0 amide bonds. The second kappa shape index (κ2) is 3.67. The molecule has 2 aromatic rings. The molecule has 0 radical (unpaired) electrons. The Hall–Kier alpha value is -2.74. The van der Waals surface area contributed by atoms with Gasteiger partial charge in [-0.1, -0.05) is 48.0 Å². The molecule has 24 heavy (non-hydrogen) atoms. The van der Waals surface area contributed by atoms with Crippen LogP contribution in [0, 0.1) is 6.92 Å². The molecule has 2 heteroatoms. The molecule has 114 valence electrons. The van der Waals surface area contributed by atoms with E-state index in [1.54, 1.807) is 0 Å². The van der Waals surface area contributed by atoms with Crippen LogP contribution >= 0.6 is 0 Å². The Morgan fingerprint density at radius 1 is 0.792 bits per heavy atom. The minimum absolute atomic E-state index is 0.0144. The highest BCUT2D eigenvalue weighted by molar-refractivity contribution is 6.24. The average Bonchev–Trinajstić information content (AvgIpc) is 2.80. The molecule has 2 nitrogen and oxygen atoms in total. The van der Waals surface area contributed by atoms with Gasteiger partial charge in [-0.05, 0) is 41.3 Å². The van der Waals surface area contributed by atoms with Crippen molar-refractivity contribution in [1.82, 2.24) is 0 Å². The lowest BCUT2D eigenvalue weighted by molar-refractivity contribution is -0.115. The topological polar surface area (TPSA) is 34.1 Å². The van der Waals surface area contributed by atoms with Gasteiger partial charge < -0.3 is 0 Å². The van der Waals surface area contributed by atoms with Crippen LogP contribution < -0.4 is 0 Å². The molecule has 0 aromatic heterocycles. The number of carbonyl (C=O) groups excluding carboxylic acids is 2. The van der Waals surface area contributed by atoms with Gasteiger partial charge in [-0.2, -0.15) is 0 Å². The van der Waals surface area contributed by atoms with E-state index < -0.39 is 0 Å². The summed E-state index contributed by atoms with van der Waals surface area (Å²) >= 11 is 0. The number of hydrogen-bond donors (Lipinski definition) is 0. The standard InChI is InChI=1S/C22H14O2/c1-11-6-7-15-13(10-11)21-19-17(24)9-8-16(23)18(19)20-12-4-2-3-5-14(12)22(15,20)21/h2-10,20-21H,1H3/t20-,21+,22+/m0/s1. The monoisotopic (exact) mass is 310 g/mol. The number of fused-ring (bicyclic) bond motifs is 6. The molecule has 0 saturated carbocycles. The van der Waals surface area contributed by atoms with E-state index in [9.17, 15) is 9.59 Å². The summed E-state index contributed by atoms with van der Waals surface area (Å²) in [6.07, 6.45) is 2.91. The zero-order valence-electron chi connectivity index (χ0n) is 13.2. The molecule has 0 fully saturated rings. The molecule has 0 unspecified atom stereocenters. The third-order valence-electron chi connectivity index (χ3n) is 6.38. The van der Waals surface area contributed by atoms with Gasteiger partial charge in [0.05, 0.1) is 0 Å². The first-order chi connectivity index (χ1) is 11.7. The summed E-state index contributed by atoms with van der Waals surface area (Å²) in [5.41, 5.74) is 7.57. The predicted octanol–water partition coefficient (Wildman–Crippen LogP) is 3.49. The fraction of sp³-hybridized carbons (Fsp3) is 0.182. The van der Waals surface area contributed by atoms with Gasteiger partial charge in [0.15, 0.2) is 11.6 Å². The van der Waals surface area contributed by atoms with Gasteiger partial charge in [-0.15, -0.1) is 0 Å². The second-order valence-corrected chi connectivity index (χ2v) is 7.30. The number of hydrogen-bond acceptors (Lipinski definition) is 2. The molecule has 0 N–H and O–H groups in total. The Balaban J connectivity index is 1.73. The molecule has 3 atom stereocenters. The largest absolute Gasteiger partial charge is 0.290 e. The Morgan fingerprint density at radius 3 is 2.17 bits per heavy atom. The molecule has 0 bridgehead atoms. The zero-order chi connectivity index (χ0) is 16.2. The maximum atomic E-state index is 12.7. The quantitative estimate of drug-likeness (QED) is 0.698. The molecule has 2 aromatic carbocycles. The minimum atomic E-state index is -0.179. The number of rotatable bonds is 0. The van der Waals surface area contributed by atoms with Crippen molar-refractivity contribution in [2.75, 3.05) is 0 Å². The van der Waals surface area contributed by atoms with Gasteiger partial charge in [-0.3, -0.25) is 9.59 Å². The van der Waals surface area contributed by atoms with Gasteiger partial charge in [0.2, 0.25) is 0 Å². The number of carbonyl (C=O) groups is 2. The van der Waals surface area contributed by atoms with Crippen LogP contribution in [0.4, 0.5) is 0 Å². The van der Waals surface area contributed by atoms with Gasteiger partial charge in [0.1, 0.15) is 0 Å². The molecule has 0 heterocycles. The number of aryl methyl sites for hydroxylation is 1. The van der Waals surface area contributed by atoms with Gasteiger partial charge in [0.25, 0.3) is 0 Å². The summed E-state index contributed by atoms with van der Waals surface area (Å²) < 4.78 is 0. The van der Waals surface area contributed by atoms with E-state index in [2.05, 4.69) is 43.3 Å². The van der Waals surface area contributed by atoms with Gasteiger partial charge in [0, 0.05) is 28.4 Å². The third kappa shape index (κ3) is 1.05.